The van der Waals surface area contributed by atoms with E-state index in [1.165, 1.54) is 18.2 Å². The minimum absolute atomic E-state index is 0.0196. The summed E-state index contributed by atoms with van der Waals surface area (Å²) < 4.78 is 73.3. The number of hydrogen-bond donors (Lipinski definition) is 2. The molecule has 2 aromatic rings. The van der Waals surface area contributed by atoms with Gasteiger partial charge in [-0.25, -0.2) is 30.7 Å². The molecule has 11 heteroatoms. The van der Waals surface area contributed by atoms with Crippen molar-refractivity contribution in [3.63, 3.8) is 0 Å². The summed E-state index contributed by atoms with van der Waals surface area (Å²) in [5, 5.41) is 9.93. The van der Waals surface area contributed by atoms with E-state index in [1.807, 2.05) is 13.8 Å². The lowest BCUT2D eigenvalue weighted by molar-refractivity contribution is 0.0691. The zero-order valence-electron chi connectivity index (χ0n) is 19.1. The molecule has 1 saturated carbocycles. The van der Waals surface area contributed by atoms with Crippen LogP contribution in [0.2, 0.25) is 0 Å². The highest BCUT2D eigenvalue weighted by Gasteiger charge is 2.71. The number of benzene rings is 2. The average molecular weight is 511 g/mol. The molecule has 0 saturated heterocycles. The monoisotopic (exact) mass is 510 g/mol. The van der Waals surface area contributed by atoms with Crippen molar-refractivity contribution in [2.45, 2.75) is 25.7 Å². The van der Waals surface area contributed by atoms with Crippen molar-refractivity contribution < 1.29 is 36.2 Å². The lowest BCUT2D eigenvalue weighted by Crippen LogP contribution is -2.22. The molecule has 2 aromatic carbocycles. The molecular formula is C24H25F3N2O5S. The Kier molecular flexibility index (Phi) is 6.83. The van der Waals surface area contributed by atoms with E-state index in [0.717, 1.165) is 29.5 Å². The van der Waals surface area contributed by atoms with Crippen LogP contribution in [0.1, 0.15) is 41.3 Å². The molecule has 35 heavy (non-hydrogen) atoms. The Bertz CT molecular complexity index is 1250. The third-order valence-electron chi connectivity index (χ3n) is 6.49. The van der Waals surface area contributed by atoms with Gasteiger partial charge < -0.3 is 14.7 Å². The van der Waals surface area contributed by atoms with Crippen molar-refractivity contribution >= 4 is 34.3 Å². The van der Waals surface area contributed by atoms with E-state index in [2.05, 4.69) is 4.90 Å². The van der Waals surface area contributed by atoms with Gasteiger partial charge in [0.1, 0.15) is 17.1 Å². The fourth-order valence-corrected chi connectivity index (χ4v) is 5.24. The third-order valence-corrected chi connectivity index (χ3v) is 7.25. The van der Waals surface area contributed by atoms with Gasteiger partial charge in [-0.3, -0.25) is 0 Å². The lowest BCUT2D eigenvalue weighted by atomic mass is 9.99. The largest absolute Gasteiger partial charge is 0.492 e. The van der Waals surface area contributed by atoms with E-state index in [4.69, 9.17) is 4.74 Å². The smallest absolute Gasteiger partial charge is 0.341 e. The Morgan fingerprint density at radius 2 is 1.89 bits per heavy atom. The number of carboxylic acids is 1. The Morgan fingerprint density at radius 1 is 1.20 bits per heavy atom. The van der Waals surface area contributed by atoms with Crippen LogP contribution in [0.15, 0.2) is 36.4 Å². The first kappa shape index (κ1) is 25.1. The first-order chi connectivity index (χ1) is 16.6. The van der Waals surface area contributed by atoms with Crippen molar-refractivity contribution in [3.05, 3.63) is 58.9 Å². The number of rotatable bonds is 9. The van der Waals surface area contributed by atoms with E-state index >= 15 is 0 Å². The molecule has 0 amide bonds. The van der Waals surface area contributed by atoms with Crippen LogP contribution in [0.5, 0.6) is 5.75 Å². The molecule has 0 bridgehead atoms. The molecule has 1 aliphatic heterocycles. The van der Waals surface area contributed by atoms with Gasteiger partial charge in [0.25, 0.3) is 5.92 Å². The number of fused-ring (bicyclic) bond motifs is 3. The molecule has 1 heterocycles. The van der Waals surface area contributed by atoms with Gasteiger partial charge in [-0.05, 0) is 37.4 Å². The van der Waals surface area contributed by atoms with E-state index in [9.17, 15) is 31.5 Å². The van der Waals surface area contributed by atoms with Gasteiger partial charge in [-0.1, -0.05) is 32.1 Å². The molecule has 2 aliphatic rings. The molecule has 7 nitrogen and oxygen atoms in total. The molecule has 4 rings (SSSR count). The number of aromatic carboxylic acids is 1. The summed E-state index contributed by atoms with van der Waals surface area (Å²) in [7, 11) is -3.45. The lowest BCUT2D eigenvalue weighted by Gasteiger charge is -2.25. The number of likely N-dealkylation sites (N-methyl/N-ethyl adjacent to an activating group) is 1. The van der Waals surface area contributed by atoms with Crippen molar-refractivity contribution in [1.82, 2.24) is 4.90 Å². The number of thiol groups is 1. The summed E-state index contributed by atoms with van der Waals surface area (Å²) in [5.74, 6) is -7.61. The van der Waals surface area contributed by atoms with Gasteiger partial charge in [0.2, 0.25) is 10.9 Å². The van der Waals surface area contributed by atoms with Gasteiger partial charge in [-0.2, -0.15) is 0 Å². The summed E-state index contributed by atoms with van der Waals surface area (Å²) in [6, 6.07) is 5.90. The Balaban J connectivity index is 1.82. The van der Waals surface area contributed by atoms with Crippen LogP contribution in [-0.4, -0.2) is 56.6 Å². The number of carboxylic acid groups (broad SMARTS) is 1. The number of alkyl halides is 2. The predicted octanol–water partition coefficient (Wildman–Crippen LogP) is 4.28. The SMILES string of the molecule is CCN(CC)CC=Cc1cc(F)ccc1N(c1ccc2c(c1C(=O)O)OC[C@@H]1[C@H]2C1(F)F)[SH](=O)=O. The van der Waals surface area contributed by atoms with Crippen LogP contribution in [0.25, 0.3) is 6.08 Å². The fourth-order valence-electron chi connectivity index (χ4n) is 4.53. The van der Waals surface area contributed by atoms with Gasteiger partial charge in [0.15, 0.2) is 0 Å². The molecule has 1 N–H and O–H groups in total. The van der Waals surface area contributed by atoms with Gasteiger partial charge in [0.05, 0.1) is 29.8 Å². The quantitative estimate of drug-likeness (QED) is 0.490. The minimum Gasteiger partial charge on any atom is -0.492 e. The normalized spacial score (nSPS) is 20.0. The molecule has 0 radical (unpaired) electrons. The number of ether oxygens (including phenoxy) is 1. The topological polar surface area (TPSA) is 87.2 Å². The summed E-state index contributed by atoms with van der Waals surface area (Å²) in [6.07, 6.45) is 3.32. The predicted molar refractivity (Wildman–Crippen MR) is 126 cm³/mol. The van der Waals surface area contributed by atoms with Crippen molar-refractivity contribution in [2.24, 2.45) is 5.92 Å². The molecule has 0 spiro atoms. The maximum absolute atomic E-state index is 14.1. The van der Waals surface area contributed by atoms with Gasteiger partial charge >= 0.3 is 5.97 Å². The fraction of sp³-hybridized carbons (Fsp3) is 0.375. The first-order valence-corrected chi connectivity index (χ1v) is 12.3. The number of anilines is 2. The van der Waals surface area contributed by atoms with E-state index < -0.39 is 46.0 Å². The molecule has 1 fully saturated rings. The standard InChI is InChI=1S/C24H25F3N2O5S/c1-3-28(4-2)11-5-6-14-12-15(25)7-9-18(14)29(35(32)33)19-10-8-16-21-17(24(21,26)27)13-34-22(16)20(19)23(30)31/h5-10,12,17,21,35H,3-4,11,13H2,1-2H3,(H,30,31)/t17-,21+/m1/s1. The Hall–Kier alpha value is -3.05. The summed E-state index contributed by atoms with van der Waals surface area (Å²) >= 11 is 0. The van der Waals surface area contributed by atoms with Crippen LogP contribution >= 0.6 is 0 Å². The maximum Gasteiger partial charge on any atom is 0.341 e. The molecule has 188 valence electrons. The number of carbonyl (C=O) groups is 1. The van der Waals surface area contributed by atoms with Crippen LogP contribution in [0, 0.1) is 11.7 Å². The maximum atomic E-state index is 14.1. The zero-order chi connectivity index (χ0) is 25.5. The molecule has 1 aliphatic carbocycles. The van der Waals surface area contributed by atoms with Crippen LogP contribution in [0.3, 0.4) is 0 Å². The van der Waals surface area contributed by atoms with Crippen molar-refractivity contribution in [2.75, 3.05) is 30.5 Å². The minimum atomic E-state index is -3.45. The third kappa shape index (κ3) is 4.50. The summed E-state index contributed by atoms with van der Waals surface area (Å²) in [5.41, 5.74) is -0.553. The Morgan fingerprint density at radius 3 is 2.51 bits per heavy atom. The second kappa shape index (κ2) is 9.54. The number of nitrogens with zero attached hydrogens (tertiary/aromatic N) is 2. The van der Waals surface area contributed by atoms with E-state index in [1.54, 1.807) is 12.2 Å². The first-order valence-electron chi connectivity index (χ1n) is 11.1. The van der Waals surface area contributed by atoms with Crippen LogP contribution in [0.4, 0.5) is 24.5 Å². The molecular weight excluding hydrogens is 485 g/mol. The van der Waals surface area contributed by atoms with Crippen LogP contribution < -0.4 is 9.04 Å². The second-order valence-corrected chi connectivity index (χ2v) is 9.27. The van der Waals surface area contributed by atoms with Crippen molar-refractivity contribution in [1.29, 1.82) is 0 Å². The summed E-state index contributed by atoms with van der Waals surface area (Å²) in [6.45, 7) is 5.71. The van der Waals surface area contributed by atoms with Crippen molar-refractivity contribution in [3.8, 4) is 5.75 Å². The van der Waals surface area contributed by atoms with Gasteiger partial charge in [0, 0.05) is 17.7 Å². The van der Waals surface area contributed by atoms with E-state index in [-0.39, 0.29) is 34.9 Å². The Labute approximate surface area is 202 Å². The second-order valence-electron chi connectivity index (χ2n) is 8.39. The van der Waals surface area contributed by atoms with Gasteiger partial charge in [-0.15, -0.1) is 0 Å². The highest BCUT2D eigenvalue weighted by Crippen LogP contribution is 2.66. The molecule has 0 aromatic heterocycles. The molecule has 0 unspecified atom stereocenters. The molecule has 2 atom stereocenters. The summed E-state index contributed by atoms with van der Waals surface area (Å²) in [4.78, 5) is 14.3. The van der Waals surface area contributed by atoms with Crippen LogP contribution in [-0.2, 0) is 10.9 Å². The highest BCUT2D eigenvalue weighted by molar-refractivity contribution is 7.74. The zero-order valence-corrected chi connectivity index (χ0v) is 20.0. The average Bonchev–Trinajstić information content (AvgIpc) is 3.38. The number of halogens is 3. The highest BCUT2D eigenvalue weighted by atomic mass is 32.2. The van der Waals surface area contributed by atoms with E-state index in [0.29, 0.717) is 6.54 Å². The number of hydrogen-bond acceptors (Lipinski definition) is 5.